The van der Waals surface area contributed by atoms with Crippen molar-refractivity contribution in [1.82, 2.24) is 4.90 Å². The molecule has 0 saturated heterocycles. The number of benzene rings is 2. The summed E-state index contributed by atoms with van der Waals surface area (Å²) in [6, 6.07) is 19.0. The molecule has 1 N–H and O–H groups in total. The maximum Gasteiger partial charge on any atom is 0.310 e. The van der Waals surface area contributed by atoms with Crippen molar-refractivity contribution in [3.05, 3.63) is 71.8 Å². The van der Waals surface area contributed by atoms with Gasteiger partial charge in [0.25, 0.3) is 0 Å². The number of carbonyl (C=O) groups excluding carboxylic acids is 1. The number of carboxylic acid groups (broad SMARTS) is 1. The lowest BCUT2D eigenvalue weighted by molar-refractivity contribution is -0.138. The lowest BCUT2D eigenvalue weighted by atomic mass is 10.0. The van der Waals surface area contributed by atoms with E-state index in [1.165, 1.54) is 0 Å². The second-order valence-electron chi connectivity index (χ2n) is 5.84. The highest BCUT2D eigenvalue weighted by atomic mass is 16.4. The van der Waals surface area contributed by atoms with Gasteiger partial charge in [0.15, 0.2) is 0 Å². The van der Waals surface area contributed by atoms with Crippen molar-refractivity contribution in [1.29, 1.82) is 0 Å². The van der Waals surface area contributed by atoms with E-state index in [0.717, 1.165) is 11.1 Å². The van der Waals surface area contributed by atoms with Crippen LogP contribution in [0.3, 0.4) is 0 Å². The molecule has 0 aliphatic carbocycles. The molecule has 0 spiro atoms. The zero-order valence-corrected chi connectivity index (χ0v) is 14.6. The van der Waals surface area contributed by atoms with E-state index in [2.05, 4.69) is 0 Å². The first-order valence-electron chi connectivity index (χ1n) is 7.88. The van der Waals surface area contributed by atoms with E-state index in [-0.39, 0.29) is 11.8 Å². The number of nitrogens with zero attached hydrogens (tertiary/aromatic N) is 1. The Morgan fingerprint density at radius 2 is 1.17 bits per heavy atom. The van der Waals surface area contributed by atoms with Gasteiger partial charge in [0.1, 0.15) is 0 Å². The molecule has 2 aromatic carbocycles. The molecular weight excluding hydrogens is 302 g/mol. The first kappa shape index (κ1) is 19.4. The lowest BCUT2D eigenvalue weighted by Crippen LogP contribution is -2.26. The molecule has 128 valence electrons. The summed E-state index contributed by atoms with van der Waals surface area (Å²) in [7, 11) is 3.56. The minimum Gasteiger partial charge on any atom is -0.481 e. The maximum atomic E-state index is 11.6. The van der Waals surface area contributed by atoms with Gasteiger partial charge < -0.3 is 10.0 Å². The summed E-state index contributed by atoms with van der Waals surface area (Å²) < 4.78 is 0. The molecule has 0 aliphatic rings. The Morgan fingerprint density at radius 3 is 1.50 bits per heavy atom. The van der Waals surface area contributed by atoms with Crippen LogP contribution in [0.4, 0.5) is 0 Å². The number of carboxylic acids is 1. The molecule has 0 unspecified atom stereocenters. The summed E-state index contributed by atoms with van der Waals surface area (Å²) in [5.41, 5.74) is 1.92. The fourth-order valence-electron chi connectivity index (χ4n) is 2.16. The number of amides is 1. The van der Waals surface area contributed by atoms with Gasteiger partial charge in [-0.25, -0.2) is 0 Å². The number of carbonyl (C=O) groups is 2. The van der Waals surface area contributed by atoms with Gasteiger partial charge in [-0.3, -0.25) is 9.59 Å². The van der Waals surface area contributed by atoms with E-state index < -0.39 is 11.9 Å². The number of hydrogen-bond donors (Lipinski definition) is 1. The SMILES string of the molecule is C[C@H](C(=O)N(C)C)c1ccccc1.C[C@H](C(=O)O)c1ccccc1. The smallest absolute Gasteiger partial charge is 0.310 e. The Balaban J connectivity index is 0.000000243. The Labute approximate surface area is 143 Å². The van der Waals surface area contributed by atoms with Crippen molar-refractivity contribution in [2.24, 2.45) is 0 Å². The monoisotopic (exact) mass is 327 g/mol. The first-order chi connectivity index (χ1) is 11.3. The third-order valence-corrected chi connectivity index (χ3v) is 3.78. The van der Waals surface area contributed by atoms with Gasteiger partial charge in [-0.05, 0) is 25.0 Å². The molecule has 2 rings (SSSR count). The molecule has 2 aromatic rings. The third-order valence-electron chi connectivity index (χ3n) is 3.78. The second-order valence-corrected chi connectivity index (χ2v) is 5.84. The van der Waals surface area contributed by atoms with E-state index in [1.54, 1.807) is 25.9 Å². The standard InChI is InChI=1S/C11H15NO.C9H10O2/c1-9(11(13)12(2)3)10-7-5-4-6-8-10;1-7(9(10)11)8-5-3-2-4-6-8/h4-9H,1-3H3;2-7H,1H3,(H,10,11)/t9-;7-/m00/s1. The van der Waals surface area contributed by atoms with Gasteiger partial charge in [-0.15, -0.1) is 0 Å². The van der Waals surface area contributed by atoms with Crippen molar-refractivity contribution in [2.75, 3.05) is 14.1 Å². The Bertz CT molecular complexity index is 638. The summed E-state index contributed by atoms with van der Waals surface area (Å²) in [6.07, 6.45) is 0. The highest BCUT2D eigenvalue weighted by Crippen LogP contribution is 2.16. The summed E-state index contributed by atoms with van der Waals surface area (Å²) in [6.45, 7) is 3.61. The molecule has 0 heterocycles. The van der Waals surface area contributed by atoms with Gasteiger partial charge in [0.05, 0.1) is 11.8 Å². The fourth-order valence-corrected chi connectivity index (χ4v) is 2.16. The van der Waals surface area contributed by atoms with Gasteiger partial charge >= 0.3 is 5.97 Å². The number of aliphatic carboxylic acids is 1. The van der Waals surface area contributed by atoms with Gasteiger partial charge in [-0.2, -0.15) is 0 Å². The zero-order valence-electron chi connectivity index (χ0n) is 14.6. The Kier molecular flexibility index (Phi) is 7.69. The quantitative estimate of drug-likeness (QED) is 0.930. The molecule has 0 fully saturated rings. The molecule has 4 nitrogen and oxygen atoms in total. The average molecular weight is 327 g/mol. The molecule has 0 saturated carbocycles. The van der Waals surface area contributed by atoms with Crippen LogP contribution >= 0.6 is 0 Å². The van der Waals surface area contributed by atoms with Crippen LogP contribution in [0.1, 0.15) is 36.8 Å². The van der Waals surface area contributed by atoms with Crippen molar-refractivity contribution in [2.45, 2.75) is 25.7 Å². The van der Waals surface area contributed by atoms with Crippen LogP contribution in [-0.4, -0.2) is 36.0 Å². The van der Waals surface area contributed by atoms with Gasteiger partial charge in [-0.1, -0.05) is 60.7 Å². The molecule has 0 bridgehead atoms. The van der Waals surface area contributed by atoms with E-state index in [4.69, 9.17) is 5.11 Å². The van der Waals surface area contributed by atoms with E-state index in [1.807, 2.05) is 67.6 Å². The van der Waals surface area contributed by atoms with Crippen LogP contribution in [0.25, 0.3) is 0 Å². The van der Waals surface area contributed by atoms with Crippen molar-refractivity contribution in [3.8, 4) is 0 Å². The average Bonchev–Trinajstić information content (AvgIpc) is 2.61. The molecule has 0 aromatic heterocycles. The van der Waals surface area contributed by atoms with Crippen LogP contribution < -0.4 is 0 Å². The van der Waals surface area contributed by atoms with Crippen LogP contribution in [0.5, 0.6) is 0 Å². The van der Waals surface area contributed by atoms with E-state index in [0.29, 0.717) is 0 Å². The molecule has 2 atom stereocenters. The normalized spacial score (nSPS) is 12.3. The number of rotatable bonds is 4. The van der Waals surface area contributed by atoms with Crippen LogP contribution in [0, 0.1) is 0 Å². The third kappa shape index (κ3) is 5.88. The fraction of sp³-hybridized carbons (Fsp3) is 0.300. The summed E-state index contributed by atoms with van der Waals surface area (Å²) >= 11 is 0. The highest BCUT2D eigenvalue weighted by molar-refractivity contribution is 5.82. The molecule has 1 amide bonds. The van der Waals surface area contributed by atoms with Crippen LogP contribution in [0.15, 0.2) is 60.7 Å². The van der Waals surface area contributed by atoms with Crippen LogP contribution in [0.2, 0.25) is 0 Å². The van der Waals surface area contributed by atoms with Crippen molar-refractivity contribution < 1.29 is 14.7 Å². The largest absolute Gasteiger partial charge is 0.481 e. The Hall–Kier alpha value is -2.62. The maximum absolute atomic E-state index is 11.6. The zero-order chi connectivity index (χ0) is 18.1. The van der Waals surface area contributed by atoms with Crippen molar-refractivity contribution >= 4 is 11.9 Å². The minimum atomic E-state index is -0.781. The second kappa shape index (κ2) is 9.50. The number of hydrogen-bond acceptors (Lipinski definition) is 2. The molecule has 0 aliphatic heterocycles. The molecule has 4 heteroatoms. The summed E-state index contributed by atoms with van der Waals surface area (Å²) in [5, 5.41) is 8.64. The first-order valence-corrected chi connectivity index (χ1v) is 7.88. The van der Waals surface area contributed by atoms with E-state index in [9.17, 15) is 9.59 Å². The summed E-state index contributed by atoms with van der Waals surface area (Å²) in [4.78, 5) is 23.7. The Morgan fingerprint density at radius 1 is 0.792 bits per heavy atom. The highest BCUT2D eigenvalue weighted by Gasteiger charge is 2.15. The topological polar surface area (TPSA) is 57.6 Å². The predicted octanol–water partition coefficient (Wildman–Crippen LogP) is 3.75. The molecule has 0 radical (unpaired) electrons. The predicted molar refractivity (Wildman–Crippen MR) is 96.0 cm³/mol. The molecule has 24 heavy (non-hydrogen) atoms. The lowest BCUT2D eigenvalue weighted by Gasteiger charge is -2.16. The number of likely N-dealkylation sites (N-methyl/N-ethyl adjacent to an activating group) is 1. The van der Waals surface area contributed by atoms with Gasteiger partial charge in [0, 0.05) is 14.1 Å². The van der Waals surface area contributed by atoms with E-state index >= 15 is 0 Å². The minimum absolute atomic E-state index is 0.0452. The summed E-state index contributed by atoms with van der Waals surface area (Å²) in [5.74, 6) is -1.09. The van der Waals surface area contributed by atoms with Crippen LogP contribution in [-0.2, 0) is 9.59 Å². The molecular formula is C20H25NO3. The van der Waals surface area contributed by atoms with Gasteiger partial charge in [0.2, 0.25) is 5.91 Å². The van der Waals surface area contributed by atoms with Crippen molar-refractivity contribution in [3.63, 3.8) is 0 Å².